The van der Waals surface area contributed by atoms with Crippen LogP contribution in [0.2, 0.25) is 0 Å². The molecule has 16 nitrogen and oxygen atoms in total. The van der Waals surface area contributed by atoms with E-state index < -0.39 is 69.3 Å². The molecule has 0 aliphatic carbocycles. The Morgan fingerprint density at radius 2 is 0.769 bits per heavy atom. The molecule has 0 aliphatic rings. The smallest absolute Gasteiger partial charge is 0.291 e. The van der Waals surface area contributed by atoms with Gasteiger partial charge in [-0.15, -0.1) is 0 Å². The van der Waals surface area contributed by atoms with E-state index in [4.69, 9.17) is 10.2 Å². The first-order valence-corrected chi connectivity index (χ1v) is 24.1. The van der Waals surface area contributed by atoms with E-state index in [9.17, 15) is 56.0 Å². The number of hydrogen-bond acceptors (Lipinski definition) is 11. The Balaban J connectivity index is 0.000000221. The fourth-order valence-corrected chi connectivity index (χ4v) is 9.70. The number of nitrogens with two attached hydrogens (primary N) is 1. The van der Waals surface area contributed by atoms with Crippen molar-refractivity contribution in [2.45, 2.75) is 19.6 Å². The molecule has 1 amide bonds. The van der Waals surface area contributed by atoms with Crippen LogP contribution in [0, 0.1) is 23.3 Å². The van der Waals surface area contributed by atoms with Crippen LogP contribution in [0.1, 0.15) is 10.6 Å². The predicted octanol–water partition coefficient (Wildman–Crippen LogP) is 7.56. The zero-order chi connectivity index (χ0) is 47.2. The first kappa shape index (κ1) is 47.1. The van der Waals surface area contributed by atoms with Crippen molar-refractivity contribution in [1.29, 1.82) is 0 Å². The van der Waals surface area contributed by atoms with Crippen molar-refractivity contribution < 1.29 is 60.4 Å². The highest BCUT2D eigenvalue weighted by atomic mass is 32.2. The molecule has 0 spiro atoms. The van der Waals surface area contributed by atoms with Gasteiger partial charge in [0.2, 0.25) is 0 Å². The van der Waals surface area contributed by atoms with Crippen LogP contribution in [0.5, 0.6) is 0 Å². The average molecular weight is 973 g/mol. The summed E-state index contributed by atoms with van der Waals surface area (Å²) < 4.78 is 168. The minimum absolute atomic E-state index is 0.00969. The van der Waals surface area contributed by atoms with Gasteiger partial charge < -0.3 is 15.5 Å². The maximum absolute atomic E-state index is 13.3. The van der Waals surface area contributed by atoms with Crippen LogP contribution in [0.4, 0.5) is 51.7 Å². The SMILES string of the molecule is Nc1ccc(NS(=O)(=O)c2ccc(F)cc2)c(NS(=O)(=O)c2ccc(F)cc2)c1.O=C(Nc1ccc(NS(=O)(=O)c2ccc(F)cc2)c(NS(=O)(=O)c2ccc(F)cc2)c1)c1ccco1. The zero-order valence-electron chi connectivity index (χ0n) is 32.7. The molecule has 65 heavy (non-hydrogen) atoms. The van der Waals surface area contributed by atoms with Gasteiger partial charge in [0.25, 0.3) is 46.0 Å². The number of carbonyl (C=O) groups is 1. The number of anilines is 6. The van der Waals surface area contributed by atoms with Crippen molar-refractivity contribution >= 4 is 80.1 Å². The second-order valence-corrected chi connectivity index (χ2v) is 20.0. The van der Waals surface area contributed by atoms with E-state index in [0.717, 1.165) is 97.1 Å². The highest BCUT2D eigenvalue weighted by molar-refractivity contribution is 7.93. The number of amides is 1. The van der Waals surface area contributed by atoms with Gasteiger partial charge in [0.05, 0.1) is 48.6 Å². The molecule has 0 aliphatic heterocycles. The monoisotopic (exact) mass is 972 g/mol. The fourth-order valence-electron chi connectivity index (χ4n) is 5.40. The van der Waals surface area contributed by atoms with E-state index in [-0.39, 0.29) is 59.5 Å². The van der Waals surface area contributed by atoms with Crippen LogP contribution in [0.15, 0.2) is 176 Å². The summed E-state index contributed by atoms with van der Waals surface area (Å²) in [6.45, 7) is 0. The average Bonchev–Trinajstić information content (AvgIpc) is 3.79. The normalized spacial score (nSPS) is 11.7. The van der Waals surface area contributed by atoms with E-state index in [1.54, 1.807) is 0 Å². The number of nitrogen functional groups attached to an aromatic ring is 1. The Bertz CT molecular complexity index is 3290. The second-order valence-electron chi connectivity index (χ2n) is 13.2. The topological polar surface area (TPSA) is 253 Å². The number of hydrogen-bond donors (Lipinski definition) is 6. The lowest BCUT2D eigenvalue weighted by molar-refractivity contribution is 0.0996. The summed E-state index contributed by atoms with van der Waals surface area (Å²) in [5, 5.41) is 2.51. The molecule has 0 saturated heterocycles. The van der Waals surface area contributed by atoms with Gasteiger partial charge in [-0.1, -0.05) is 0 Å². The number of rotatable bonds is 14. The molecule has 0 atom stereocenters. The molecule has 0 bridgehead atoms. The summed E-state index contributed by atoms with van der Waals surface area (Å²) in [7, 11) is -16.8. The van der Waals surface area contributed by atoms with Crippen LogP contribution in [-0.2, 0) is 40.1 Å². The second kappa shape index (κ2) is 19.1. The summed E-state index contributed by atoms with van der Waals surface area (Å²) >= 11 is 0. The van der Waals surface area contributed by atoms with Gasteiger partial charge >= 0.3 is 0 Å². The van der Waals surface area contributed by atoms with E-state index >= 15 is 0 Å². The first-order valence-electron chi connectivity index (χ1n) is 18.1. The maximum atomic E-state index is 13.3. The van der Waals surface area contributed by atoms with E-state index in [1.165, 1.54) is 54.8 Å². The molecule has 1 heterocycles. The summed E-state index contributed by atoms with van der Waals surface area (Å²) in [6.07, 6.45) is 1.30. The Labute approximate surface area is 369 Å². The quantitative estimate of drug-likeness (QED) is 0.0458. The molecular weight excluding hydrogens is 941 g/mol. The highest BCUT2D eigenvalue weighted by Gasteiger charge is 2.23. The van der Waals surface area contributed by atoms with E-state index in [2.05, 4.69) is 24.2 Å². The van der Waals surface area contributed by atoms with Crippen molar-refractivity contribution in [1.82, 2.24) is 0 Å². The minimum atomic E-state index is -4.30. The van der Waals surface area contributed by atoms with Gasteiger partial charge in [-0.3, -0.25) is 23.7 Å². The van der Waals surface area contributed by atoms with Crippen molar-refractivity contribution in [3.8, 4) is 0 Å². The third-order valence-corrected chi connectivity index (χ3v) is 14.1. The van der Waals surface area contributed by atoms with Crippen LogP contribution < -0.4 is 29.9 Å². The van der Waals surface area contributed by atoms with Crippen molar-refractivity contribution in [3.05, 3.63) is 181 Å². The molecule has 0 saturated carbocycles. The van der Waals surface area contributed by atoms with Gasteiger partial charge in [-0.2, -0.15) is 0 Å². The third-order valence-electron chi connectivity index (χ3n) is 8.54. The lowest BCUT2D eigenvalue weighted by Gasteiger charge is -2.16. The Morgan fingerprint density at radius 3 is 1.12 bits per heavy atom. The molecule has 0 radical (unpaired) electrons. The van der Waals surface area contributed by atoms with Gasteiger partial charge in [-0.25, -0.2) is 51.2 Å². The molecule has 338 valence electrons. The van der Waals surface area contributed by atoms with Gasteiger partial charge in [-0.05, 0) is 146 Å². The molecular formula is C41H32F4N6O10S4. The summed E-state index contributed by atoms with van der Waals surface area (Å²) in [5.41, 5.74) is 5.29. The van der Waals surface area contributed by atoms with E-state index in [1.807, 2.05) is 0 Å². The number of benzene rings is 6. The van der Waals surface area contributed by atoms with E-state index in [0.29, 0.717) is 0 Å². The maximum Gasteiger partial charge on any atom is 0.291 e. The summed E-state index contributed by atoms with van der Waals surface area (Å²) in [6, 6.07) is 26.7. The standard InChI is InChI=1S/C23H17F2N3O6S2.C18H15F2N3O4S2/c24-15-3-8-18(9-4-15)35(30,31)27-20-12-7-17(26-23(29)22-2-1-13-34-22)14-21(20)28-36(32,33)19-10-5-16(25)6-11-19;19-12-1-6-15(7-2-12)28(24,25)22-17-10-5-14(21)11-18(17)23-29(26,27)16-8-3-13(20)4-9-16/h1-14,27-28H,(H,26,29);1-11,22-23H,21H2. The van der Waals surface area contributed by atoms with Crippen LogP contribution in [0.25, 0.3) is 0 Å². The molecule has 1 aromatic heterocycles. The van der Waals surface area contributed by atoms with Crippen LogP contribution in [0.3, 0.4) is 0 Å². The van der Waals surface area contributed by atoms with Gasteiger partial charge in [0, 0.05) is 11.4 Å². The van der Waals surface area contributed by atoms with Crippen LogP contribution in [-0.4, -0.2) is 39.6 Å². The molecule has 6 aromatic carbocycles. The molecule has 7 N–H and O–H groups in total. The summed E-state index contributed by atoms with van der Waals surface area (Å²) in [4.78, 5) is 11.3. The van der Waals surface area contributed by atoms with Crippen LogP contribution >= 0.6 is 0 Å². The highest BCUT2D eigenvalue weighted by Crippen LogP contribution is 2.32. The van der Waals surface area contributed by atoms with Crippen molar-refractivity contribution in [3.63, 3.8) is 0 Å². The Morgan fingerprint density at radius 1 is 0.431 bits per heavy atom. The lowest BCUT2D eigenvalue weighted by Crippen LogP contribution is -2.18. The molecule has 0 fully saturated rings. The predicted molar refractivity (Wildman–Crippen MR) is 233 cm³/mol. The number of nitrogens with one attached hydrogen (secondary N) is 5. The molecule has 0 unspecified atom stereocenters. The minimum Gasteiger partial charge on any atom is -0.459 e. The molecule has 7 rings (SSSR count). The zero-order valence-corrected chi connectivity index (χ0v) is 36.0. The summed E-state index contributed by atoms with van der Waals surface area (Å²) in [5.74, 6) is -3.15. The number of furan rings is 1. The largest absolute Gasteiger partial charge is 0.459 e. The van der Waals surface area contributed by atoms with Crippen molar-refractivity contribution in [2.24, 2.45) is 0 Å². The van der Waals surface area contributed by atoms with Gasteiger partial charge in [0.15, 0.2) is 5.76 Å². The first-order chi connectivity index (χ1) is 30.6. The lowest BCUT2D eigenvalue weighted by atomic mass is 10.2. The third kappa shape index (κ3) is 12.2. The fraction of sp³-hybridized carbons (Fsp3) is 0. The number of halogens is 4. The Hall–Kier alpha value is -7.41. The molecule has 24 heteroatoms. The molecule has 7 aromatic rings. The number of sulfonamides is 4. The number of carbonyl (C=O) groups excluding carboxylic acids is 1. The van der Waals surface area contributed by atoms with Gasteiger partial charge in [0.1, 0.15) is 23.3 Å². The Kier molecular flexibility index (Phi) is 13.9. The van der Waals surface area contributed by atoms with Crippen molar-refractivity contribution in [2.75, 3.05) is 29.9 Å².